The molecule has 0 unspecified atom stereocenters. The number of aliphatic hydroxyl groups is 1. The first-order valence-electron chi connectivity index (χ1n) is 9.48. The molecule has 2 rings (SSSR count). The molecule has 0 saturated heterocycles. The first kappa shape index (κ1) is 24.3. The first-order valence-corrected chi connectivity index (χ1v) is 11.1. The van der Waals surface area contributed by atoms with Crippen molar-refractivity contribution in [3.8, 4) is 11.3 Å². The van der Waals surface area contributed by atoms with E-state index in [1.165, 1.54) is 5.54 Å². The van der Waals surface area contributed by atoms with E-state index in [0.29, 0.717) is 11.6 Å². The minimum Gasteiger partial charge on any atom is -0.392 e. The standard InChI is InChI=1S/C24H26Cl2N2OS/c1-4-21(26)15-22(10-12-25)30-23-14-20(17-29)24(19-8-6-5-7-9-19)28(23)16-18(2)11-13-27-3/h4-15,29H,16-17H2,1-3H3/b12-10+,18-11+,21-4+,22-15+,27-13?. The predicted molar refractivity (Wildman–Crippen MR) is 133 cm³/mol. The van der Waals surface area contributed by atoms with Gasteiger partial charge in [-0.3, -0.25) is 4.99 Å². The van der Waals surface area contributed by atoms with Crippen LogP contribution in [-0.2, 0) is 13.2 Å². The largest absolute Gasteiger partial charge is 0.392 e. The molecular weight excluding hydrogens is 435 g/mol. The molecule has 2 aromatic rings. The maximum absolute atomic E-state index is 10.1. The Labute approximate surface area is 193 Å². The number of aliphatic hydroxyl groups excluding tert-OH is 1. The van der Waals surface area contributed by atoms with Crippen molar-refractivity contribution in [3.63, 3.8) is 0 Å². The molecule has 1 heterocycles. The lowest BCUT2D eigenvalue weighted by molar-refractivity contribution is 0.282. The average molecular weight is 461 g/mol. The number of rotatable bonds is 9. The number of aliphatic imine (C=N–C) groups is 1. The molecule has 1 aromatic heterocycles. The van der Waals surface area contributed by atoms with E-state index in [-0.39, 0.29) is 6.61 Å². The lowest BCUT2D eigenvalue weighted by atomic mass is 10.1. The minimum atomic E-state index is -0.0516. The smallest absolute Gasteiger partial charge is 0.0808 e. The molecular formula is C24H26Cl2N2OS. The maximum Gasteiger partial charge on any atom is 0.0808 e. The molecule has 0 atom stereocenters. The van der Waals surface area contributed by atoms with Gasteiger partial charge in [-0.15, -0.1) is 0 Å². The van der Waals surface area contributed by atoms with Crippen LogP contribution in [0.5, 0.6) is 0 Å². The second-order valence-corrected chi connectivity index (χ2v) is 8.28. The van der Waals surface area contributed by atoms with Crippen molar-refractivity contribution in [3.05, 3.63) is 87.3 Å². The fourth-order valence-electron chi connectivity index (χ4n) is 2.90. The third-order valence-electron chi connectivity index (χ3n) is 4.28. The minimum absolute atomic E-state index is 0.0516. The van der Waals surface area contributed by atoms with Crippen molar-refractivity contribution in [2.75, 3.05) is 7.05 Å². The SMILES string of the molecule is C\C=C(Cl)/C=C(\C=C\Cl)Sc1cc(CO)c(-c2ccccc2)n1C/C(C)=C/C=NC. The van der Waals surface area contributed by atoms with Crippen LogP contribution in [0.25, 0.3) is 11.3 Å². The van der Waals surface area contributed by atoms with Crippen LogP contribution >= 0.6 is 35.0 Å². The number of hydrogen-bond acceptors (Lipinski definition) is 3. The Morgan fingerprint density at radius 3 is 2.60 bits per heavy atom. The highest BCUT2D eigenvalue weighted by atomic mass is 35.5. The highest BCUT2D eigenvalue weighted by Crippen LogP contribution is 2.37. The van der Waals surface area contributed by atoms with Crippen molar-refractivity contribution in [1.82, 2.24) is 4.57 Å². The summed E-state index contributed by atoms with van der Waals surface area (Å²) in [7, 11) is 1.75. The Balaban J connectivity index is 2.64. The summed E-state index contributed by atoms with van der Waals surface area (Å²) in [5.74, 6) is 0. The fraction of sp³-hybridized carbons (Fsp3) is 0.208. The van der Waals surface area contributed by atoms with Crippen LogP contribution in [-0.4, -0.2) is 22.9 Å². The van der Waals surface area contributed by atoms with Crippen LogP contribution in [0.3, 0.4) is 0 Å². The number of hydrogen-bond donors (Lipinski definition) is 1. The van der Waals surface area contributed by atoms with E-state index in [2.05, 4.69) is 28.6 Å². The summed E-state index contributed by atoms with van der Waals surface area (Å²) in [6, 6.07) is 12.1. The van der Waals surface area contributed by atoms with Crippen LogP contribution in [0.15, 0.2) is 91.8 Å². The lowest BCUT2D eigenvalue weighted by Crippen LogP contribution is -2.04. The van der Waals surface area contributed by atoms with Crippen LogP contribution in [0.4, 0.5) is 0 Å². The second-order valence-electron chi connectivity index (χ2n) is 6.50. The highest BCUT2D eigenvalue weighted by Gasteiger charge is 2.18. The van der Waals surface area contributed by atoms with Crippen LogP contribution in [0, 0.1) is 0 Å². The zero-order valence-electron chi connectivity index (χ0n) is 17.3. The summed E-state index contributed by atoms with van der Waals surface area (Å²) in [6.07, 6.45) is 9.29. The van der Waals surface area contributed by atoms with E-state index in [1.54, 1.807) is 25.0 Å². The molecule has 0 amide bonds. The summed E-state index contributed by atoms with van der Waals surface area (Å²) >= 11 is 13.6. The van der Waals surface area contributed by atoms with Gasteiger partial charge in [0.15, 0.2) is 0 Å². The monoisotopic (exact) mass is 460 g/mol. The van der Waals surface area contributed by atoms with Gasteiger partial charge in [0.05, 0.1) is 17.3 Å². The Morgan fingerprint density at radius 2 is 2.00 bits per heavy atom. The maximum atomic E-state index is 10.1. The van der Waals surface area contributed by atoms with E-state index in [0.717, 1.165) is 32.3 Å². The van der Waals surface area contributed by atoms with Crippen molar-refractivity contribution in [1.29, 1.82) is 0 Å². The Bertz CT molecular complexity index is 986. The summed E-state index contributed by atoms with van der Waals surface area (Å²) in [6.45, 7) is 4.56. The Kier molecular flexibility index (Phi) is 10.2. The number of aromatic nitrogens is 1. The number of nitrogens with zero attached hydrogens (tertiary/aromatic N) is 2. The van der Waals surface area contributed by atoms with Gasteiger partial charge in [0.1, 0.15) is 0 Å². The van der Waals surface area contributed by atoms with Crippen molar-refractivity contribution in [2.45, 2.75) is 32.0 Å². The zero-order valence-corrected chi connectivity index (χ0v) is 19.7. The molecule has 1 N–H and O–H groups in total. The van der Waals surface area contributed by atoms with Crippen LogP contribution in [0.1, 0.15) is 19.4 Å². The average Bonchev–Trinajstić information content (AvgIpc) is 3.09. The van der Waals surface area contributed by atoms with Gasteiger partial charge in [0.2, 0.25) is 0 Å². The molecule has 0 aliphatic rings. The van der Waals surface area contributed by atoms with E-state index < -0.39 is 0 Å². The van der Waals surface area contributed by atoms with Gasteiger partial charge < -0.3 is 9.67 Å². The Morgan fingerprint density at radius 1 is 1.27 bits per heavy atom. The molecule has 0 fully saturated rings. The van der Waals surface area contributed by atoms with Crippen molar-refractivity contribution >= 4 is 41.2 Å². The molecule has 0 aliphatic heterocycles. The van der Waals surface area contributed by atoms with Gasteiger partial charge in [-0.2, -0.15) is 0 Å². The number of thioether (sulfide) groups is 1. The van der Waals surface area contributed by atoms with Gasteiger partial charge in [-0.25, -0.2) is 0 Å². The highest BCUT2D eigenvalue weighted by molar-refractivity contribution is 8.03. The van der Waals surface area contributed by atoms with Gasteiger partial charge in [0.25, 0.3) is 0 Å². The van der Waals surface area contributed by atoms with Crippen LogP contribution < -0.4 is 0 Å². The molecule has 0 saturated carbocycles. The summed E-state index contributed by atoms with van der Waals surface area (Å²) in [4.78, 5) is 4.94. The van der Waals surface area contributed by atoms with Crippen molar-refractivity contribution < 1.29 is 5.11 Å². The molecule has 30 heavy (non-hydrogen) atoms. The van der Waals surface area contributed by atoms with Gasteiger partial charge >= 0.3 is 0 Å². The lowest BCUT2D eigenvalue weighted by Gasteiger charge is -2.15. The van der Waals surface area contributed by atoms with E-state index in [1.807, 2.05) is 55.5 Å². The molecule has 1 aromatic carbocycles. The summed E-state index contributed by atoms with van der Waals surface area (Å²) < 4.78 is 2.21. The molecule has 0 spiro atoms. The van der Waals surface area contributed by atoms with Gasteiger partial charge in [-0.05, 0) is 43.7 Å². The third-order valence-corrected chi connectivity index (χ3v) is 5.77. The predicted octanol–water partition coefficient (Wildman–Crippen LogP) is 7.17. The number of benzene rings is 1. The third kappa shape index (κ3) is 6.78. The first-order chi connectivity index (χ1) is 14.5. The number of halogens is 2. The molecule has 0 aliphatic carbocycles. The van der Waals surface area contributed by atoms with Gasteiger partial charge in [0, 0.05) is 40.8 Å². The molecule has 3 nitrogen and oxygen atoms in total. The van der Waals surface area contributed by atoms with E-state index in [9.17, 15) is 5.11 Å². The second kappa shape index (κ2) is 12.7. The zero-order chi connectivity index (χ0) is 21.9. The van der Waals surface area contributed by atoms with Crippen molar-refractivity contribution in [2.24, 2.45) is 4.99 Å². The fourth-order valence-corrected chi connectivity index (χ4v) is 4.32. The van der Waals surface area contributed by atoms with Crippen LogP contribution in [0.2, 0.25) is 0 Å². The summed E-state index contributed by atoms with van der Waals surface area (Å²) in [5, 5.41) is 11.7. The summed E-state index contributed by atoms with van der Waals surface area (Å²) in [5.41, 5.74) is 5.53. The number of allylic oxidation sites excluding steroid dienone is 6. The molecule has 0 bridgehead atoms. The quantitative estimate of drug-likeness (QED) is 0.244. The molecule has 158 valence electrons. The topological polar surface area (TPSA) is 37.5 Å². The Hall–Kier alpha value is -1.98. The molecule has 6 heteroatoms. The van der Waals surface area contributed by atoms with Gasteiger partial charge in [-0.1, -0.05) is 76.9 Å². The van der Waals surface area contributed by atoms with E-state index >= 15 is 0 Å². The van der Waals surface area contributed by atoms with E-state index in [4.69, 9.17) is 23.2 Å². The molecule has 0 radical (unpaired) electrons. The normalized spacial score (nSPS) is 13.7.